The fourth-order valence-electron chi connectivity index (χ4n) is 5.28. The molecule has 1 amide bonds. The lowest BCUT2D eigenvalue weighted by atomic mass is 9.52. The Kier molecular flexibility index (Phi) is 3.58. The van der Waals surface area contributed by atoms with Gasteiger partial charge in [0.15, 0.2) is 5.69 Å². The van der Waals surface area contributed by atoms with E-state index in [0.29, 0.717) is 5.92 Å². The molecule has 1 aromatic rings. The third-order valence-electron chi connectivity index (χ3n) is 6.02. The third-order valence-corrected chi connectivity index (χ3v) is 6.02. The van der Waals surface area contributed by atoms with Gasteiger partial charge < -0.3 is 10.4 Å². The highest BCUT2D eigenvalue weighted by molar-refractivity contribution is 5.84. The number of carboxylic acid groups (broad SMARTS) is 1. The van der Waals surface area contributed by atoms with Crippen LogP contribution in [-0.4, -0.2) is 38.5 Å². The predicted molar refractivity (Wildman–Crippen MR) is 80.5 cm³/mol. The molecule has 1 aromatic heterocycles. The number of carbonyl (C=O) groups is 2. The lowest BCUT2D eigenvalue weighted by molar-refractivity contribution is -0.123. The number of carbonyl (C=O) groups excluding carboxylic acids is 1. The van der Waals surface area contributed by atoms with E-state index in [1.807, 2.05) is 0 Å². The second-order valence-corrected chi connectivity index (χ2v) is 7.51. The SMILES string of the molecule is O=C(Cn1cc(C(=O)O)nn1)NCC1C2CC3CC(C2)CC1C3. The van der Waals surface area contributed by atoms with Crippen LogP contribution in [0.1, 0.15) is 42.6 Å². The van der Waals surface area contributed by atoms with Crippen molar-refractivity contribution >= 4 is 11.9 Å². The summed E-state index contributed by atoms with van der Waals surface area (Å²) in [5, 5.41) is 19.0. The van der Waals surface area contributed by atoms with Gasteiger partial charge in [0.1, 0.15) is 6.54 Å². The Balaban J connectivity index is 1.30. The van der Waals surface area contributed by atoms with Crippen LogP contribution in [0.15, 0.2) is 6.20 Å². The third kappa shape index (κ3) is 2.84. The van der Waals surface area contributed by atoms with E-state index in [0.717, 1.165) is 30.2 Å². The van der Waals surface area contributed by atoms with Crippen LogP contribution in [0.3, 0.4) is 0 Å². The van der Waals surface area contributed by atoms with Crippen molar-refractivity contribution in [3.63, 3.8) is 0 Å². The highest BCUT2D eigenvalue weighted by Gasteiger charge is 2.47. The quantitative estimate of drug-likeness (QED) is 0.849. The minimum atomic E-state index is -1.13. The summed E-state index contributed by atoms with van der Waals surface area (Å²) < 4.78 is 1.27. The van der Waals surface area contributed by atoms with Crippen molar-refractivity contribution in [3.05, 3.63) is 11.9 Å². The fourth-order valence-corrected chi connectivity index (χ4v) is 5.28. The van der Waals surface area contributed by atoms with Crippen molar-refractivity contribution in [2.24, 2.45) is 29.6 Å². The number of hydrogen-bond acceptors (Lipinski definition) is 4. The average molecular weight is 318 g/mol. The molecule has 124 valence electrons. The van der Waals surface area contributed by atoms with Crippen LogP contribution in [0.5, 0.6) is 0 Å². The van der Waals surface area contributed by atoms with Gasteiger partial charge in [-0.15, -0.1) is 5.10 Å². The van der Waals surface area contributed by atoms with Gasteiger partial charge in [0.05, 0.1) is 6.20 Å². The molecule has 0 aliphatic heterocycles. The molecule has 2 N–H and O–H groups in total. The number of rotatable bonds is 5. The highest BCUT2D eigenvalue weighted by Crippen LogP contribution is 2.56. The molecule has 0 aromatic carbocycles. The number of nitrogens with zero attached hydrogens (tertiary/aromatic N) is 3. The van der Waals surface area contributed by atoms with Crippen molar-refractivity contribution in [2.75, 3.05) is 6.54 Å². The van der Waals surface area contributed by atoms with Gasteiger partial charge >= 0.3 is 5.97 Å². The maximum atomic E-state index is 12.1. The summed E-state index contributed by atoms with van der Waals surface area (Å²) in [4.78, 5) is 22.8. The van der Waals surface area contributed by atoms with Crippen LogP contribution in [0.25, 0.3) is 0 Å². The molecule has 0 radical (unpaired) electrons. The Hall–Kier alpha value is -1.92. The lowest BCUT2D eigenvalue weighted by Crippen LogP contribution is -2.49. The first-order chi connectivity index (χ1) is 11.1. The van der Waals surface area contributed by atoms with E-state index in [4.69, 9.17) is 5.11 Å². The first-order valence-electron chi connectivity index (χ1n) is 8.48. The van der Waals surface area contributed by atoms with Crippen molar-refractivity contribution < 1.29 is 14.7 Å². The maximum Gasteiger partial charge on any atom is 0.358 e. The first-order valence-corrected chi connectivity index (χ1v) is 8.48. The van der Waals surface area contributed by atoms with Gasteiger partial charge in [-0.3, -0.25) is 4.79 Å². The minimum absolute atomic E-state index is 0.0214. The fraction of sp³-hybridized carbons (Fsp3) is 0.750. The van der Waals surface area contributed by atoms with Crippen LogP contribution < -0.4 is 5.32 Å². The van der Waals surface area contributed by atoms with E-state index in [1.54, 1.807) is 0 Å². The maximum absolute atomic E-state index is 12.1. The second-order valence-electron chi connectivity index (χ2n) is 7.51. The molecular formula is C16H22N4O3. The van der Waals surface area contributed by atoms with Gasteiger partial charge in [-0.05, 0) is 61.7 Å². The van der Waals surface area contributed by atoms with E-state index in [-0.39, 0.29) is 18.1 Å². The Morgan fingerprint density at radius 3 is 2.39 bits per heavy atom. The Bertz CT molecular complexity index is 599. The van der Waals surface area contributed by atoms with Gasteiger partial charge in [-0.2, -0.15) is 0 Å². The van der Waals surface area contributed by atoms with E-state index < -0.39 is 5.97 Å². The number of aromatic carboxylic acids is 1. The molecule has 4 aliphatic carbocycles. The summed E-state index contributed by atoms with van der Waals surface area (Å²) in [7, 11) is 0. The molecule has 5 rings (SSSR count). The van der Waals surface area contributed by atoms with Crippen molar-refractivity contribution in [1.29, 1.82) is 0 Å². The molecule has 1 heterocycles. The van der Waals surface area contributed by atoms with Crippen LogP contribution in [-0.2, 0) is 11.3 Å². The highest BCUT2D eigenvalue weighted by atomic mass is 16.4. The normalized spacial score (nSPS) is 34.5. The van der Waals surface area contributed by atoms with Crippen LogP contribution in [0.2, 0.25) is 0 Å². The summed E-state index contributed by atoms with van der Waals surface area (Å²) in [6, 6.07) is 0. The molecule has 0 spiro atoms. The molecule has 7 nitrogen and oxygen atoms in total. The van der Waals surface area contributed by atoms with Gasteiger partial charge in [-0.1, -0.05) is 5.21 Å². The molecule has 4 bridgehead atoms. The minimum Gasteiger partial charge on any atom is -0.476 e. The summed E-state index contributed by atoms with van der Waals surface area (Å²) in [6.07, 6.45) is 8.10. The number of aromatic nitrogens is 3. The lowest BCUT2D eigenvalue weighted by Gasteiger charge is -2.54. The summed E-state index contributed by atoms with van der Waals surface area (Å²) >= 11 is 0. The number of carboxylic acids is 1. The van der Waals surface area contributed by atoms with Gasteiger partial charge in [-0.25, -0.2) is 9.48 Å². The monoisotopic (exact) mass is 318 g/mol. The van der Waals surface area contributed by atoms with E-state index in [9.17, 15) is 9.59 Å². The standard InChI is InChI=1S/C16H22N4O3/c21-15(8-20-7-14(16(22)23)18-19-20)17-6-13-11-2-9-1-10(4-11)5-12(13)3-9/h7,9-13H,1-6,8H2,(H,17,21)(H,22,23). The largest absolute Gasteiger partial charge is 0.476 e. The van der Waals surface area contributed by atoms with Gasteiger partial charge in [0, 0.05) is 6.54 Å². The topological polar surface area (TPSA) is 97.1 Å². The predicted octanol–water partition coefficient (Wildman–Crippen LogP) is 1.16. The second kappa shape index (κ2) is 5.62. The average Bonchev–Trinajstić information content (AvgIpc) is 2.94. The molecule has 4 aliphatic rings. The first kappa shape index (κ1) is 14.7. The zero-order valence-electron chi connectivity index (χ0n) is 13.0. The molecular weight excluding hydrogens is 296 g/mol. The smallest absolute Gasteiger partial charge is 0.358 e. The van der Waals surface area contributed by atoms with Crippen LogP contribution >= 0.6 is 0 Å². The summed E-state index contributed by atoms with van der Waals surface area (Å²) in [6.45, 7) is 0.766. The Labute approximate surface area is 134 Å². The molecule has 4 saturated carbocycles. The summed E-state index contributed by atoms with van der Waals surface area (Å²) in [5.74, 6) is 2.82. The molecule has 0 saturated heterocycles. The molecule has 0 atom stereocenters. The van der Waals surface area contributed by atoms with Crippen LogP contribution in [0.4, 0.5) is 0 Å². The molecule has 4 fully saturated rings. The molecule has 0 unspecified atom stereocenters. The van der Waals surface area contributed by atoms with E-state index >= 15 is 0 Å². The van der Waals surface area contributed by atoms with Gasteiger partial charge in [0.25, 0.3) is 0 Å². The molecule has 23 heavy (non-hydrogen) atoms. The Morgan fingerprint density at radius 1 is 1.17 bits per heavy atom. The van der Waals surface area contributed by atoms with E-state index in [1.165, 1.54) is 43.0 Å². The van der Waals surface area contributed by atoms with Crippen LogP contribution in [0, 0.1) is 29.6 Å². The summed E-state index contributed by atoms with van der Waals surface area (Å²) in [5.41, 5.74) is -0.140. The van der Waals surface area contributed by atoms with E-state index in [2.05, 4.69) is 15.6 Å². The molecule has 7 heteroatoms. The Morgan fingerprint density at radius 2 is 1.83 bits per heavy atom. The zero-order chi connectivity index (χ0) is 16.0. The number of amides is 1. The zero-order valence-corrected chi connectivity index (χ0v) is 13.0. The van der Waals surface area contributed by atoms with Gasteiger partial charge in [0.2, 0.25) is 5.91 Å². The number of hydrogen-bond donors (Lipinski definition) is 2. The van der Waals surface area contributed by atoms with Crippen molar-refractivity contribution in [3.8, 4) is 0 Å². The number of nitrogens with one attached hydrogen (secondary N) is 1. The van der Waals surface area contributed by atoms with Crippen molar-refractivity contribution in [1.82, 2.24) is 20.3 Å². The van der Waals surface area contributed by atoms with Crippen molar-refractivity contribution in [2.45, 2.75) is 38.6 Å².